The standard InChI is InChI=1S/C14H17NO2S.C13H15NO2S/c1-15-7-5-11(6-8-15)3-4-12-9-13(18-10-12)14(16)17-2;1-16-13(15)12-8-11(9-17-12)3-2-10-4-6-14-7-5-10/h9-11H,5-8H2,1-2H3;8-10,14H,4-7H2,1H3. The number of ether oxygens (including phenoxy) is 2. The van der Waals surface area contributed by atoms with Gasteiger partial charge in [0, 0.05) is 33.7 Å². The summed E-state index contributed by atoms with van der Waals surface area (Å²) in [4.78, 5) is 26.1. The summed E-state index contributed by atoms with van der Waals surface area (Å²) in [6, 6.07) is 3.60. The Morgan fingerprint density at radius 2 is 1.31 bits per heavy atom. The van der Waals surface area contributed by atoms with Crippen molar-refractivity contribution >= 4 is 34.6 Å². The summed E-state index contributed by atoms with van der Waals surface area (Å²) in [5.74, 6) is 13.3. The number of esters is 2. The number of hydrogen-bond acceptors (Lipinski definition) is 8. The highest BCUT2D eigenvalue weighted by Crippen LogP contribution is 2.18. The first-order chi connectivity index (χ1) is 17.0. The monoisotopic (exact) mass is 512 g/mol. The van der Waals surface area contributed by atoms with Gasteiger partial charge in [-0.3, -0.25) is 0 Å². The van der Waals surface area contributed by atoms with Crippen molar-refractivity contribution in [1.82, 2.24) is 10.2 Å². The molecule has 35 heavy (non-hydrogen) atoms. The molecule has 2 aliphatic rings. The highest BCUT2D eigenvalue weighted by molar-refractivity contribution is 7.12. The lowest BCUT2D eigenvalue weighted by Gasteiger charge is -2.25. The zero-order valence-corrected chi connectivity index (χ0v) is 22.2. The molecular weight excluding hydrogens is 480 g/mol. The van der Waals surface area contributed by atoms with Crippen LogP contribution in [0.15, 0.2) is 22.9 Å². The average molecular weight is 513 g/mol. The summed E-state index contributed by atoms with van der Waals surface area (Å²) in [7, 11) is 4.93. The topological polar surface area (TPSA) is 67.9 Å². The van der Waals surface area contributed by atoms with Gasteiger partial charge in [0.05, 0.1) is 14.2 Å². The molecule has 8 heteroatoms. The van der Waals surface area contributed by atoms with E-state index in [1.54, 1.807) is 12.1 Å². The van der Waals surface area contributed by atoms with Crippen LogP contribution in [0, 0.1) is 35.5 Å². The van der Waals surface area contributed by atoms with Crippen molar-refractivity contribution in [2.24, 2.45) is 11.8 Å². The van der Waals surface area contributed by atoms with E-state index in [4.69, 9.17) is 0 Å². The van der Waals surface area contributed by atoms with Crippen molar-refractivity contribution in [3.8, 4) is 23.7 Å². The molecule has 1 N–H and O–H groups in total. The van der Waals surface area contributed by atoms with E-state index in [1.807, 2.05) is 10.8 Å². The van der Waals surface area contributed by atoms with Gasteiger partial charge in [0.25, 0.3) is 0 Å². The van der Waals surface area contributed by atoms with E-state index in [-0.39, 0.29) is 11.9 Å². The Kier molecular flexibility index (Phi) is 10.8. The van der Waals surface area contributed by atoms with Crippen LogP contribution >= 0.6 is 22.7 Å². The third-order valence-corrected chi connectivity index (χ3v) is 7.69. The van der Waals surface area contributed by atoms with Gasteiger partial charge >= 0.3 is 11.9 Å². The summed E-state index contributed by atoms with van der Waals surface area (Å²) in [5.41, 5.74) is 1.83. The Morgan fingerprint density at radius 3 is 1.77 bits per heavy atom. The molecule has 2 aromatic rings. The number of methoxy groups -OCH3 is 2. The lowest BCUT2D eigenvalue weighted by atomic mass is 9.98. The molecule has 0 saturated carbocycles. The molecule has 0 aliphatic carbocycles. The molecule has 6 nitrogen and oxygen atoms in total. The Bertz CT molecular complexity index is 1100. The van der Waals surface area contributed by atoms with Crippen LogP contribution in [0.1, 0.15) is 56.2 Å². The van der Waals surface area contributed by atoms with E-state index >= 15 is 0 Å². The van der Waals surface area contributed by atoms with E-state index in [0.29, 0.717) is 21.6 Å². The molecule has 0 radical (unpaired) electrons. The number of nitrogens with zero attached hydrogens (tertiary/aromatic N) is 1. The fraction of sp³-hybridized carbons (Fsp3) is 0.481. The van der Waals surface area contributed by atoms with Gasteiger partial charge in [-0.2, -0.15) is 0 Å². The van der Waals surface area contributed by atoms with Crippen molar-refractivity contribution < 1.29 is 19.1 Å². The zero-order valence-electron chi connectivity index (χ0n) is 20.5. The van der Waals surface area contributed by atoms with E-state index in [1.165, 1.54) is 36.9 Å². The minimum Gasteiger partial charge on any atom is -0.465 e. The maximum atomic E-state index is 11.3. The minimum absolute atomic E-state index is 0.285. The molecule has 2 fully saturated rings. The lowest BCUT2D eigenvalue weighted by molar-refractivity contribution is 0.0597. The number of hydrogen-bond donors (Lipinski definition) is 1. The van der Waals surface area contributed by atoms with Crippen LogP contribution < -0.4 is 5.32 Å². The van der Waals surface area contributed by atoms with Crippen LogP contribution in [0.25, 0.3) is 0 Å². The normalized spacial score (nSPS) is 16.5. The van der Waals surface area contributed by atoms with Crippen molar-refractivity contribution in [3.63, 3.8) is 0 Å². The quantitative estimate of drug-likeness (QED) is 0.483. The Morgan fingerprint density at radius 1 is 0.857 bits per heavy atom. The summed E-state index contributed by atoms with van der Waals surface area (Å²) in [5, 5.41) is 7.13. The van der Waals surface area contributed by atoms with E-state index in [0.717, 1.165) is 63.0 Å². The van der Waals surface area contributed by atoms with Gasteiger partial charge in [0.2, 0.25) is 0 Å². The van der Waals surface area contributed by atoms with E-state index in [9.17, 15) is 9.59 Å². The molecule has 0 spiro atoms. The third kappa shape index (κ3) is 8.83. The second-order valence-electron chi connectivity index (χ2n) is 8.52. The Balaban J connectivity index is 0.000000196. The smallest absolute Gasteiger partial charge is 0.348 e. The van der Waals surface area contributed by atoms with Crippen molar-refractivity contribution in [2.45, 2.75) is 25.7 Å². The molecule has 0 atom stereocenters. The molecule has 186 valence electrons. The zero-order chi connectivity index (χ0) is 25.0. The number of rotatable bonds is 2. The first kappa shape index (κ1) is 27.0. The number of carbonyl (C=O) groups is 2. The number of thiophene rings is 2. The van der Waals surface area contributed by atoms with Gasteiger partial charge in [0.15, 0.2) is 0 Å². The summed E-state index contributed by atoms with van der Waals surface area (Å²) >= 11 is 2.76. The number of carbonyl (C=O) groups excluding carboxylic acids is 2. The number of likely N-dealkylation sites (tertiary alicyclic amines) is 1. The SMILES string of the molecule is COC(=O)c1cc(C#CC2CCN(C)CC2)cs1.COC(=O)c1cc(C#CC2CCNCC2)cs1. The molecule has 0 bridgehead atoms. The summed E-state index contributed by atoms with van der Waals surface area (Å²) < 4.78 is 9.33. The molecule has 2 aromatic heterocycles. The Labute approximate surface area is 216 Å². The van der Waals surface area contributed by atoms with Crippen molar-refractivity contribution in [1.29, 1.82) is 0 Å². The van der Waals surface area contributed by atoms with Crippen LogP contribution in [0.3, 0.4) is 0 Å². The molecule has 4 heterocycles. The van der Waals surface area contributed by atoms with Crippen LogP contribution in [-0.4, -0.2) is 64.3 Å². The number of piperidine rings is 2. The fourth-order valence-corrected chi connectivity index (χ4v) is 5.22. The van der Waals surface area contributed by atoms with Crippen LogP contribution in [0.2, 0.25) is 0 Å². The maximum absolute atomic E-state index is 11.3. The second-order valence-corrected chi connectivity index (χ2v) is 10.3. The highest BCUT2D eigenvalue weighted by Gasteiger charge is 2.14. The highest BCUT2D eigenvalue weighted by atomic mass is 32.1. The first-order valence-corrected chi connectivity index (χ1v) is 13.5. The first-order valence-electron chi connectivity index (χ1n) is 11.7. The van der Waals surface area contributed by atoms with Crippen molar-refractivity contribution in [2.75, 3.05) is 47.4 Å². The largest absolute Gasteiger partial charge is 0.465 e. The maximum Gasteiger partial charge on any atom is 0.348 e. The predicted octanol–water partition coefficient (Wildman–Crippen LogP) is 4.11. The van der Waals surface area contributed by atoms with Crippen molar-refractivity contribution in [3.05, 3.63) is 43.8 Å². The molecule has 0 aromatic carbocycles. The molecule has 2 aliphatic heterocycles. The van der Waals surface area contributed by atoms with Gasteiger partial charge < -0.3 is 19.7 Å². The Hall–Kier alpha value is -2.62. The average Bonchev–Trinajstić information content (AvgIpc) is 3.57. The second kappa shape index (κ2) is 14.1. The number of nitrogens with one attached hydrogen (secondary N) is 1. The third-order valence-electron chi connectivity index (χ3n) is 5.87. The van der Waals surface area contributed by atoms with Gasteiger partial charge in [-0.1, -0.05) is 23.7 Å². The summed E-state index contributed by atoms with van der Waals surface area (Å²) in [6.07, 6.45) is 4.50. The summed E-state index contributed by atoms with van der Waals surface area (Å²) in [6.45, 7) is 4.35. The van der Waals surface area contributed by atoms with Crippen LogP contribution in [-0.2, 0) is 9.47 Å². The molecule has 4 rings (SSSR count). The van der Waals surface area contributed by atoms with E-state index < -0.39 is 0 Å². The fourth-order valence-electron chi connectivity index (χ4n) is 3.71. The lowest BCUT2D eigenvalue weighted by Crippen LogP contribution is -2.29. The molecule has 0 unspecified atom stereocenters. The molecule has 0 amide bonds. The van der Waals surface area contributed by atoms with Crippen LogP contribution in [0.4, 0.5) is 0 Å². The van der Waals surface area contributed by atoms with E-state index in [2.05, 4.69) is 50.4 Å². The minimum atomic E-state index is -0.287. The van der Waals surface area contributed by atoms with Gasteiger partial charge in [0.1, 0.15) is 9.75 Å². The van der Waals surface area contributed by atoms with Gasteiger partial charge in [-0.05, 0) is 71.0 Å². The van der Waals surface area contributed by atoms with Gasteiger partial charge in [-0.25, -0.2) is 9.59 Å². The molecular formula is C27H32N2O4S2. The predicted molar refractivity (Wildman–Crippen MR) is 141 cm³/mol. The van der Waals surface area contributed by atoms with Crippen LogP contribution in [0.5, 0.6) is 0 Å². The van der Waals surface area contributed by atoms with Gasteiger partial charge in [-0.15, -0.1) is 22.7 Å². The molecule has 2 saturated heterocycles.